The molecular weight excluding hydrogens is 362 g/mol. The molecular formula is C22H24F2N2O2. The van der Waals surface area contributed by atoms with E-state index in [4.69, 9.17) is 0 Å². The molecule has 1 heterocycles. The molecule has 1 fully saturated rings. The standard InChI is InChI=1S/C22H24F2N2O2/c1-15(2)20-14-25(22(28)17-5-9-19(24)10-6-17)12-11-21(27)26(20)13-16-3-7-18(23)8-4-16/h3-10,15,20H,11-14H2,1-2H3/t20-/m1/s1. The Morgan fingerprint density at radius 1 is 1.04 bits per heavy atom. The van der Waals surface area contributed by atoms with Crippen LogP contribution >= 0.6 is 0 Å². The van der Waals surface area contributed by atoms with Crippen molar-refractivity contribution in [3.8, 4) is 0 Å². The molecule has 0 N–H and O–H groups in total. The van der Waals surface area contributed by atoms with Gasteiger partial charge in [0.15, 0.2) is 0 Å². The van der Waals surface area contributed by atoms with Crippen LogP contribution in [0, 0.1) is 17.6 Å². The Hall–Kier alpha value is -2.76. The number of halogens is 2. The first-order valence-corrected chi connectivity index (χ1v) is 9.44. The van der Waals surface area contributed by atoms with Crippen molar-refractivity contribution in [2.75, 3.05) is 13.1 Å². The number of carbonyl (C=O) groups excluding carboxylic acids is 2. The molecule has 2 aromatic rings. The van der Waals surface area contributed by atoms with Gasteiger partial charge in [-0.15, -0.1) is 0 Å². The normalized spacial score (nSPS) is 17.8. The van der Waals surface area contributed by atoms with Crippen molar-refractivity contribution in [2.24, 2.45) is 5.92 Å². The Morgan fingerprint density at radius 2 is 1.61 bits per heavy atom. The Morgan fingerprint density at radius 3 is 2.18 bits per heavy atom. The molecule has 0 aromatic heterocycles. The van der Waals surface area contributed by atoms with E-state index in [9.17, 15) is 18.4 Å². The third-order valence-electron chi connectivity index (χ3n) is 5.14. The lowest BCUT2D eigenvalue weighted by atomic mass is 10.0. The van der Waals surface area contributed by atoms with Gasteiger partial charge < -0.3 is 9.80 Å². The van der Waals surface area contributed by atoms with Crippen molar-refractivity contribution in [3.05, 3.63) is 71.3 Å². The molecule has 0 saturated carbocycles. The number of rotatable bonds is 4. The van der Waals surface area contributed by atoms with Crippen molar-refractivity contribution < 1.29 is 18.4 Å². The Bertz CT molecular complexity index is 835. The first-order valence-electron chi connectivity index (χ1n) is 9.44. The molecule has 0 bridgehead atoms. The fraction of sp³-hybridized carbons (Fsp3) is 0.364. The van der Waals surface area contributed by atoms with Gasteiger partial charge in [0.1, 0.15) is 11.6 Å². The van der Waals surface area contributed by atoms with E-state index >= 15 is 0 Å². The fourth-order valence-corrected chi connectivity index (χ4v) is 3.50. The van der Waals surface area contributed by atoms with Gasteiger partial charge in [-0.3, -0.25) is 9.59 Å². The topological polar surface area (TPSA) is 40.6 Å². The highest BCUT2D eigenvalue weighted by molar-refractivity contribution is 5.94. The number of amides is 2. The smallest absolute Gasteiger partial charge is 0.253 e. The second kappa shape index (κ2) is 8.50. The lowest BCUT2D eigenvalue weighted by Crippen LogP contribution is -2.47. The molecule has 0 radical (unpaired) electrons. The summed E-state index contributed by atoms with van der Waals surface area (Å²) < 4.78 is 26.3. The van der Waals surface area contributed by atoms with Crippen LogP contribution in [0.5, 0.6) is 0 Å². The summed E-state index contributed by atoms with van der Waals surface area (Å²) in [4.78, 5) is 29.1. The van der Waals surface area contributed by atoms with Gasteiger partial charge in [0.05, 0.1) is 6.04 Å². The summed E-state index contributed by atoms with van der Waals surface area (Å²) in [6.07, 6.45) is 0.220. The molecule has 1 saturated heterocycles. The van der Waals surface area contributed by atoms with Crippen LogP contribution in [-0.4, -0.2) is 40.7 Å². The van der Waals surface area contributed by atoms with E-state index < -0.39 is 5.82 Å². The predicted molar refractivity (Wildman–Crippen MR) is 102 cm³/mol. The van der Waals surface area contributed by atoms with Crippen molar-refractivity contribution in [1.82, 2.24) is 9.80 Å². The van der Waals surface area contributed by atoms with Crippen LogP contribution in [0.2, 0.25) is 0 Å². The van der Waals surface area contributed by atoms with Crippen molar-refractivity contribution >= 4 is 11.8 Å². The van der Waals surface area contributed by atoms with Gasteiger partial charge in [0.2, 0.25) is 5.91 Å². The van der Waals surface area contributed by atoms with Crippen molar-refractivity contribution in [1.29, 1.82) is 0 Å². The molecule has 1 aliphatic heterocycles. The molecule has 2 aromatic carbocycles. The first kappa shape index (κ1) is 20.0. The number of nitrogens with zero attached hydrogens (tertiary/aromatic N) is 2. The molecule has 28 heavy (non-hydrogen) atoms. The summed E-state index contributed by atoms with van der Waals surface area (Å²) in [7, 11) is 0. The number of hydrogen-bond acceptors (Lipinski definition) is 2. The molecule has 1 aliphatic rings. The minimum Gasteiger partial charge on any atom is -0.336 e. The second-order valence-electron chi connectivity index (χ2n) is 7.47. The molecule has 6 heteroatoms. The zero-order valence-corrected chi connectivity index (χ0v) is 16.1. The molecule has 0 unspecified atom stereocenters. The van der Waals surface area contributed by atoms with Gasteiger partial charge >= 0.3 is 0 Å². The minimum absolute atomic E-state index is 0.0302. The quantitative estimate of drug-likeness (QED) is 0.801. The van der Waals surface area contributed by atoms with E-state index in [1.165, 1.54) is 36.4 Å². The van der Waals surface area contributed by atoms with Crippen LogP contribution < -0.4 is 0 Å². The van der Waals surface area contributed by atoms with E-state index in [0.717, 1.165) is 5.56 Å². The van der Waals surface area contributed by atoms with Crippen molar-refractivity contribution in [2.45, 2.75) is 32.9 Å². The SMILES string of the molecule is CC(C)[C@H]1CN(C(=O)c2ccc(F)cc2)CCC(=O)N1Cc1ccc(F)cc1. The largest absolute Gasteiger partial charge is 0.336 e. The molecule has 0 spiro atoms. The monoisotopic (exact) mass is 386 g/mol. The summed E-state index contributed by atoms with van der Waals surface area (Å²) >= 11 is 0. The molecule has 4 nitrogen and oxygen atoms in total. The summed E-state index contributed by atoms with van der Waals surface area (Å²) in [5.41, 5.74) is 1.25. The summed E-state index contributed by atoms with van der Waals surface area (Å²) in [6.45, 7) is 5.13. The molecule has 1 atom stereocenters. The van der Waals surface area contributed by atoms with Crippen LogP contribution in [0.25, 0.3) is 0 Å². The summed E-state index contributed by atoms with van der Waals surface area (Å²) in [6, 6.07) is 11.4. The maximum atomic E-state index is 13.2. The molecule has 2 amide bonds. The third-order valence-corrected chi connectivity index (χ3v) is 5.14. The lowest BCUT2D eigenvalue weighted by molar-refractivity contribution is -0.134. The highest BCUT2D eigenvalue weighted by Crippen LogP contribution is 2.22. The minimum atomic E-state index is -0.395. The van der Waals surface area contributed by atoms with E-state index in [-0.39, 0.29) is 36.0 Å². The first-order chi connectivity index (χ1) is 13.3. The summed E-state index contributed by atoms with van der Waals surface area (Å²) in [5, 5.41) is 0. The van der Waals surface area contributed by atoms with Crippen LogP contribution in [0.4, 0.5) is 8.78 Å². The van der Waals surface area contributed by atoms with Crippen LogP contribution in [-0.2, 0) is 11.3 Å². The van der Waals surface area contributed by atoms with Crippen molar-refractivity contribution in [3.63, 3.8) is 0 Å². The molecule has 3 rings (SSSR count). The van der Waals surface area contributed by atoms with E-state index in [1.807, 2.05) is 13.8 Å². The van der Waals surface area contributed by atoms with Gasteiger partial charge in [-0.25, -0.2) is 8.78 Å². The van der Waals surface area contributed by atoms with Gasteiger partial charge in [-0.1, -0.05) is 26.0 Å². The Kier molecular flexibility index (Phi) is 6.07. The number of benzene rings is 2. The van der Waals surface area contributed by atoms with Gasteiger partial charge in [-0.05, 0) is 47.9 Å². The zero-order valence-electron chi connectivity index (χ0n) is 16.1. The van der Waals surface area contributed by atoms with E-state index in [2.05, 4.69) is 0 Å². The number of carbonyl (C=O) groups is 2. The average molecular weight is 386 g/mol. The predicted octanol–water partition coefficient (Wildman–Crippen LogP) is 3.86. The summed E-state index contributed by atoms with van der Waals surface area (Å²) in [5.74, 6) is -0.818. The Labute approximate surface area is 163 Å². The van der Waals surface area contributed by atoms with Gasteiger partial charge in [0, 0.05) is 31.6 Å². The zero-order chi connectivity index (χ0) is 20.3. The van der Waals surface area contributed by atoms with Gasteiger partial charge in [0.25, 0.3) is 5.91 Å². The van der Waals surface area contributed by atoms with Crippen LogP contribution in [0.1, 0.15) is 36.2 Å². The second-order valence-corrected chi connectivity index (χ2v) is 7.47. The Balaban J connectivity index is 1.82. The molecule has 0 aliphatic carbocycles. The third kappa shape index (κ3) is 4.55. The number of hydrogen-bond donors (Lipinski definition) is 0. The average Bonchev–Trinajstić information content (AvgIpc) is 2.83. The maximum Gasteiger partial charge on any atom is 0.253 e. The fourth-order valence-electron chi connectivity index (χ4n) is 3.50. The lowest BCUT2D eigenvalue weighted by Gasteiger charge is -2.34. The van der Waals surface area contributed by atoms with Crippen LogP contribution in [0.15, 0.2) is 48.5 Å². The molecule has 148 valence electrons. The van der Waals surface area contributed by atoms with E-state index in [0.29, 0.717) is 25.2 Å². The highest BCUT2D eigenvalue weighted by Gasteiger charge is 2.33. The van der Waals surface area contributed by atoms with Crippen LogP contribution in [0.3, 0.4) is 0 Å². The van der Waals surface area contributed by atoms with E-state index in [1.54, 1.807) is 21.9 Å². The highest BCUT2D eigenvalue weighted by atomic mass is 19.1. The maximum absolute atomic E-state index is 13.2. The van der Waals surface area contributed by atoms with Gasteiger partial charge in [-0.2, -0.15) is 0 Å².